The first-order chi connectivity index (χ1) is 6.81. The van der Waals surface area contributed by atoms with Crippen molar-refractivity contribution in [2.75, 3.05) is 33.4 Å². The van der Waals surface area contributed by atoms with Gasteiger partial charge in [0, 0.05) is 31.8 Å². The largest absolute Gasteiger partial charge is 0.380 e. The molecule has 3 heteroatoms. The third kappa shape index (κ3) is 2.10. The van der Waals surface area contributed by atoms with Gasteiger partial charge < -0.3 is 10.1 Å². The van der Waals surface area contributed by atoms with Gasteiger partial charge in [-0.15, -0.1) is 0 Å². The molecule has 0 spiro atoms. The molecule has 2 aliphatic rings. The first kappa shape index (κ1) is 10.4. The van der Waals surface area contributed by atoms with Gasteiger partial charge in [0.25, 0.3) is 0 Å². The molecule has 2 heterocycles. The van der Waals surface area contributed by atoms with Crippen molar-refractivity contribution in [3.63, 3.8) is 0 Å². The zero-order valence-electron chi connectivity index (χ0n) is 9.33. The van der Waals surface area contributed by atoms with E-state index in [1.807, 2.05) is 0 Å². The number of piperidine rings is 1. The Balaban J connectivity index is 1.85. The quantitative estimate of drug-likeness (QED) is 0.707. The Labute approximate surface area is 86.8 Å². The summed E-state index contributed by atoms with van der Waals surface area (Å²) in [7, 11) is 2.08. The van der Waals surface area contributed by atoms with Crippen LogP contribution in [0.15, 0.2) is 0 Å². The Morgan fingerprint density at radius 1 is 1.36 bits per heavy atom. The van der Waals surface area contributed by atoms with Crippen LogP contribution < -0.4 is 5.32 Å². The van der Waals surface area contributed by atoms with Crippen LogP contribution in [0, 0.1) is 5.92 Å². The molecule has 14 heavy (non-hydrogen) atoms. The second-order valence-electron chi connectivity index (χ2n) is 4.67. The third-order valence-corrected chi connectivity index (χ3v) is 3.73. The van der Waals surface area contributed by atoms with Crippen LogP contribution in [0.3, 0.4) is 0 Å². The fourth-order valence-corrected chi connectivity index (χ4v) is 2.75. The van der Waals surface area contributed by atoms with Crippen LogP contribution in [-0.4, -0.2) is 50.3 Å². The Bertz CT molecular complexity index is 180. The molecule has 2 rings (SSSR count). The van der Waals surface area contributed by atoms with Crippen LogP contribution in [0.25, 0.3) is 0 Å². The average Bonchev–Trinajstić information content (AvgIpc) is 2.70. The first-order valence-electron chi connectivity index (χ1n) is 5.80. The van der Waals surface area contributed by atoms with E-state index in [-0.39, 0.29) is 0 Å². The highest BCUT2D eigenvalue weighted by atomic mass is 16.5. The Morgan fingerprint density at radius 2 is 2.21 bits per heavy atom. The summed E-state index contributed by atoms with van der Waals surface area (Å²) in [5.74, 6) is 0.773. The molecule has 0 radical (unpaired) electrons. The maximum absolute atomic E-state index is 5.44. The van der Waals surface area contributed by atoms with E-state index in [0.29, 0.717) is 12.1 Å². The molecule has 1 N–H and O–H groups in total. The number of hydrogen-bond acceptors (Lipinski definition) is 3. The van der Waals surface area contributed by atoms with E-state index in [1.165, 1.54) is 25.9 Å². The molecule has 2 saturated heterocycles. The van der Waals surface area contributed by atoms with Crippen molar-refractivity contribution >= 4 is 0 Å². The number of ether oxygens (including phenoxy) is 1. The normalized spacial score (nSPS) is 40.3. The molecule has 0 aliphatic carbocycles. The molecule has 0 aromatic heterocycles. The molecule has 2 aliphatic heterocycles. The highest BCUT2D eigenvalue weighted by Gasteiger charge is 2.30. The van der Waals surface area contributed by atoms with Gasteiger partial charge in [0.05, 0.1) is 6.61 Å². The third-order valence-electron chi connectivity index (χ3n) is 3.73. The van der Waals surface area contributed by atoms with E-state index in [0.717, 1.165) is 19.1 Å². The van der Waals surface area contributed by atoms with Crippen molar-refractivity contribution in [2.24, 2.45) is 5.92 Å². The summed E-state index contributed by atoms with van der Waals surface area (Å²) < 4.78 is 5.44. The number of likely N-dealkylation sites (tertiary alicyclic amines) is 1. The maximum atomic E-state index is 5.44. The Kier molecular flexibility index (Phi) is 3.42. The van der Waals surface area contributed by atoms with E-state index < -0.39 is 0 Å². The summed E-state index contributed by atoms with van der Waals surface area (Å²) in [6.07, 6.45) is 2.52. The fourth-order valence-electron chi connectivity index (χ4n) is 2.75. The van der Waals surface area contributed by atoms with Crippen LogP contribution in [0.1, 0.15) is 19.8 Å². The highest BCUT2D eigenvalue weighted by molar-refractivity contribution is 4.86. The molecule has 3 unspecified atom stereocenters. The van der Waals surface area contributed by atoms with Gasteiger partial charge in [0.2, 0.25) is 0 Å². The van der Waals surface area contributed by atoms with Crippen LogP contribution in [0.5, 0.6) is 0 Å². The van der Waals surface area contributed by atoms with Crippen molar-refractivity contribution in [2.45, 2.75) is 31.8 Å². The van der Waals surface area contributed by atoms with E-state index >= 15 is 0 Å². The number of hydrogen-bond donors (Lipinski definition) is 1. The SMILES string of the molecule is CNC1CCN(C2CCOC2)CC1C. The molecule has 82 valence electrons. The minimum atomic E-state index is 0.704. The van der Waals surface area contributed by atoms with Gasteiger partial charge in [-0.1, -0.05) is 6.92 Å². The summed E-state index contributed by atoms with van der Waals surface area (Å²) >= 11 is 0. The van der Waals surface area contributed by atoms with Crippen LogP contribution in [-0.2, 0) is 4.74 Å². The summed E-state index contributed by atoms with van der Waals surface area (Å²) in [5.41, 5.74) is 0. The zero-order valence-corrected chi connectivity index (χ0v) is 9.33. The predicted molar refractivity (Wildman–Crippen MR) is 57.4 cm³/mol. The van der Waals surface area contributed by atoms with Gasteiger partial charge in [-0.25, -0.2) is 0 Å². The molecule has 0 saturated carbocycles. The van der Waals surface area contributed by atoms with Crippen molar-refractivity contribution in [1.29, 1.82) is 0 Å². The van der Waals surface area contributed by atoms with Crippen molar-refractivity contribution in [1.82, 2.24) is 10.2 Å². The van der Waals surface area contributed by atoms with Crippen molar-refractivity contribution in [3.8, 4) is 0 Å². The molecular formula is C11H22N2O. The summed E-state index contributed by atoms with van der Waals surface area (Å²) in [6.45, 7) is 6.74. The number of nitrogens with zero attached hydrogens (tertiary/aromatic N) is 1. The van der Waals surface area contributed by atoms with E-state index in [4.69, 9.17) is 4.74 Å². The lowest BCUT2D eigenvalue weighted by Gasteiger charge is -2.39. The lowest BCUT2D eigenvalue weighted by Crippen LogP contribution is -2.50. The van der Waals surface area contributed by atoms with Crippen LogP contribution >= 0.6 is 0 Å². The second kappa shape index (κ2) is 4.60. The summed E-state index contributed by atoms with van der Waals surface area (Å²) in [5, 5.41) is 3.41. The van der Waals surface area contributed by atoms with Crippen LogP contribution in [0.2, 0.25) is 0 Å². The standard InChI is InChI=1S/C11H22N2O/c1-9-7-13(5-3-11(9)12-2)10-4-6-14-8-10/h9-12H,3-8H2,1-2H3. The molecule has 3 atom stereocenters. The number of nitrogens with one attached hydrogen (secondary N) is 1. The number of rotatable bonds is 2. The van der Waals surface area contributed by atoms with Gasteiger partial charge in [-0.3, -0.25) is 4.90 Å². The average molecular weight is 198 g/mol. The maximum Gasteiger partial charge on any atom is 0.0622 e. The minimum Gasteiger partial charge on any atom is -0.380 e. The predicted octanol–water partition coefficient (Wildman–Crippen LogP) is 0.705. The fraction of sp³-hybridized carbons (Fsp3) is 1.00. The summed E-state index contributed by atoms with van der Waals surface area (Å²) in [6, 6.07) is 1.42. The monoisotopic (exact) mass is 198 g/mol. The lowest BCUT2D eigenvalue weighted by molar-refractivity contribution is 0.0917. The smallest absolute Gasteiger partial charge is 0.0622 e. The van der Waals surface area contributed by atoms with Gasteiger partial charge in [0.1, 0.15) is 0 Å². The van der Waals surface area contributed by atoms with Gasteiger partial charge in [-0.05, 0) is 25.8 Å². The molecule has 0 bridgehead atoms. The van der Waals surface area contributed by atoms with Gasteiger partial charge in [-0.2, -0.15) is 0 Å². The van der Waals surface area contributed by atoms with E-state index in [9.17, 15) is 0 Å². The van der Waals surface area contributed by atoms with E-state index in [2.05, 4.69) is 24.2 Å². The minimum absolute atomic E-state index is 0.704. The van der Waals surface area contributed by atoms with Crippen LogP contribution in [0.4, 0.5) is 0 Å². The highest BCUT2D eigenvalue weighted by Crippen LogP contribution is 2.21. The lowest BCUT2D eigenvalue weighted by atomic mass is 9.93. The van der Waals surface area contributed by atoms with Gasteiger partial charge >= 0.3 is 0 Å². The molecule has 0 aromatic carbocycles. The van der Waals surface area contributed by atoms with Crippen molar-refractivity contribution < 1.29 is 4.74 Å². The topological polar surface area (TPSA) is 24.5 Å². The molecular weight excluding hydrogens is 176 g/mol. The molecule has 0 amide bonds. The van der Waals surface area contributed by atoms with Crippen molar-refractivity contribution in [3.05, 3.63) is 0 Å². The zero-order chi connectivity index (χ0) is 9.97. The first-order valence-corrected chi connectivity index (χ1v) is 5.80. The molecule has 0 aromatic rings. The van der Waals surface area contributed by atoms with E-state index in [1.54, 1.807) is 0 Å². The molecule has 2 fully saturated rings. The Morgan fingerprint density at radius 3 is 2.79 bits per heavy atom. The summed E-state index contributed by atoms with van der Waals surface area (Å²) in [4.78, 5) is 2.62. The molecule has 3 nitrogen and oxygen atoms in total. The van der Waals surface area contributed by atoms with Gasteiger partial charge in [0.15, 0.2) is 0 Å². The second-order valence-corrected chi connectivity index (χ2v) is 4.67. The Hall–Kier alpha value is -0.120.